The molecule has 5 amide bonds. The number of hydrazine groups is 1. The number of hydrogen-bond acceptors (Lipinski definition) is 5. The second kappa shape index (κ2) is 7.32. The van der Waals surface area contributed by atoms with E-state index >= 15 is 0 Å². The molecular weight excluding hydrogens is 352 g/mol. The summed E-state index contributed by atoms with van der Waals surface area (Å²) < 4.78 is 5.20. The van der Waals surface area contributed by atoms with Gasteiger partial charge in [0, 0.05) is 18.5 Å². The van der Waals surface area contributed by atoms with Crippen molar-refractivity contribution in [2.45, 2.75) is 18.9 Å². The molecule has 0 radical (unpaired) electrons. The first-order chi connectivity index (χ1) is 12.9. The van der Waals surface area contributed by atoms with E-state index in [2.05, 4.69) is 16.1 Å². The highest BCUT2D eigenvalue weighted by Crippen LogP contribution is 2.28. The molecule has 140 valence electrons. The van der Waals surface area contributed by atoms with Gasteiger partial charge in [0.2, 0.25) is 5.91 Å². The Morgan fingerprint density at radius 2 is 1.89 bits per heavy atom. The molecule has 2 aromatic rings. The molecule has 9 nitrogen and oxygen atoms in total. The van der Waals surface area contributed by atoms with Crippen LogP contribution in [0.2, 0.25) is 0 Å². The lowest BCUT2D eigenvalue weighted by molar-refractivity contribution is -0.139. The van der Waals surface area contributed by atoms with E-state index in [1.54, 1.807) is 42.5 Å². The van der Waals surface area contributed by atoms with Gasteiger partial charge < -0.3 is 15.1 Å². The smallest absolute Gasteiger partial charge is 0.344 e. The van der Waals surface area contributed by atoms with Crippen LogP contribution in [0.25, 0.3) is 0 Å². The Morgan fingerprint density at radius 3 is 2.56 bits per heavy atom. The van der Waals surface area contributed by atoms with Crippen molar-refractivity contribution in [1.29, 1.82) is 0 Å². The van der Waals surface area contributed by atoms with Gasteiger partial charge in [-0.1, -0.05) is 18.2 Å². The minimum Gasteiger partial charge on any atom is -0.466 e. The van der Waals surface area contributed by atoms with Crippen molar-refractivity contribution < 1.29 is 23.6 Å². The zero-order valence-electron chi connectivity index (χ0n) is 14.5. The summed E-state index contributed by atoms with van der Waals surface area (Å²) in [5, 5.41) is 5.70. The molecule has 3 rings (SSSR count). The summed E-state index contributed by atoms with van der Waals surface area (Å²) in [6, 6.07) is 10.9. The molecule has 1 fully saturated rings. The zero-order chi connectivity index (χ0) is 19.4. The van der Waals surface area contributed by atoms with Gasteiger partial charge in [-0.25, -0.2) is 4.79 Å². The third kappa shape index (κ3) is 3.66. The molecule has 1 aromatic carbocycles. The van der Waals surface area contributed by atoms with Crippen LogP contribution in [0, 0.1) is 0 Å². The second-order valence-corrected chi connectivity index (χ2v) is 6.08. The quantitative estimate of drug-likeness (QED) is 0.653. The topological polar surface area (TPSA) is 121 Å². The van der Waals surface area contributed by atoms with Gasteiger partial charge in [0.1, 0.15) is 5.76 Å². The standard InChI is InChI=1S/C18H18N4O5/c1-18(13-8-5-11-27-13)16(25)22(17(26)20-18)21-14(23)9-10-19-15(24)12-6-3-2-4-7-12/h2-8,11H,9-10H2,1H3,(H,19,24)(H,20,26)(H,21,23)/t18-/m0/s1. The Hall–Kier alpha value is -3.62. The predicted octanol–water partition coefficient (Wildman–Crippen LogP) is 0.898. The summed E-state index contributed by atoms with van der Waals surface area (Å²) in [7, 11) is 0. The molecule has 0 saturated carbocycles. The third-order valence-corrected chi connectivity index (χ3v) is 4.11. The number of urea groups is 1. The number of nitrogens with one attached hydrogen (secondary N) is 3. The number of furan rings is 1. The van der Waals surface area contributed by atoms with Gasteiger partial charge in [0.25, 0.3) is 11.8 Å². The van der Waals surface area contributed by atoms with E-state index in [0.29, 0.717) is 10.6 Å². The summed E-state index contributed by atoms with van der Waals surface area (Å²) in [5.74, 6) is -1.31. The number of hydrogen-bond donors (Lipinski definition) is 3. The van der Waals surface area contributed by atoms with Gasteiger partial charge in [-0.05, 0) is 31.2 Å². The molecule has 1 aliphatic rings. The van der Waals surface area contributed by atoms with Crippen molar-refractivity contribution in [2.75, 3.05) is 6.54 Å². The maximum Gasteiger partial charge on any atom is 0.344 e. The largest absolute Gasteiger partial charge is 0.466 e. The van der Waals surface area contributed by atoms with Crippen molar-refractivity contribution in [3.8, 4) is 0 Å². The highest BCUT2D eigenvalue weighted by molar-refractivity contribution is 6.07. The Morgan fingerprint density at radius 1 is 1.15 bits per heavy atom. The maximum absolute atomic E-state index is 12.5. The van der Waals surface area contributed by atoms with E-state index in [9.17, 15) is 19.2 Å². The molecule has 2 heterocycles. The molecule has 1 saturated heterocycles. The molecule has 1 atom stereocenters. The van der Waals surface area contributed by atoms with Crippen LogP contribution in [0.3, 0.4) is 0 Å². The molecule has 0 bridgehead atoms. The van der Waals surface area contributed by atoms with Gasteiger partial charge in [0.05, 0.1) is 6.26 Å². The number of imide groups is 1. The van der Waals surface area contributed by atoms with Crippen molar-refractivity contribution in [3.05, 3.63) is 60.1 Å². The lowest BCUT2D eigenvalue weighted by Crippen LogP contribution is -2.48. The van der Waals surface area contributed by atoms with E-state index < -0.39 is 23.4 Å². The maximum atomic E-state index is 12.5. The minimum absolute atomic E-state index is 0.0542. The van der Waals surface area contributed by atoms with Crippen LogP contribution in [-0.4, -0.2) is 35.3 Å². The van der Waals surface area contributed by atoms with Crippen LogP contribution in [0.4, 0.5) is 4.79 Å². The first-order valence-corrected chi connectivity index (χ1v) is 8.25. The average molecular weight is 370 g/mol. The zero-order valence-corrected chi connectivity index (χ0v) is 14.5. The monoisotopic (exact) mass is 370 g/mol. The van der Waals surface area contributed by atoms with Gasteiger partial charge in [0.15, 0.2) is 5.54 Å². The normalized spacial score (nSPS) is 18.9. The Bertz CT molecular complexity index is 865. The Kier molecular flexibility index (Phi) is 4.93. The van der Waals surface area contributed by atoms with Gasteiger partial charge in [-0.15, -0.1) is 0 Å². The first-order valence-electron chi connectivity index (χ1n) is 8.25. The van der Waals surface area contributed by atoms with Gasteiger partial charge >= 0.3 is 6.03 Å². The highest BCUT2D eigenvalue weighted by atomic mass is 16.3. The van der Waals surface area contributed by atoms with E-state index in [4.69, 9.17) is 4.42 Å². The molecule has 0 spiro atoms. The van der Waals surface area contributed by atoms with Crippen LogP contribution >= 0.6 is 0 Å². The fraction of sp³-hybridized carbons (Fsp3) is 0.222. The molecule has 0 unspecified atom stereocenters. The molecule has 0 aliphatic carbocycles. The fourth-order valence-corrected chi connectivity index (χ4v) is 2.63. The van der Waals surface area contributed by atoms with Crippen LogP contribution < -0.4 is 16.1 Å². The second-order valence-electron chi connectivity index (χ2n) is 6.08. The summed E-state index contributed by atoms with van der Waals surface area (Å²) in [6.07, 6.45) is 1.28. The van der Waals surface area contributed by atoms with E-state index in [-0.39, 0.29) is 24.6 Å². The van der Waals surface area contributed by atoms with Crippen molar-refractivity contribution >= 4 is 23.8 Å². The number of amides is 5. The first kappa shape index (κ1) is 18.2. The molecule has 27 heavy (non-hydrogen) atoms. The lowest BCUT2D eigenvalue weighted by atomic mass is 10.00. The van der Waals surface area contributed by atoms with Crippen LogP contribution in [-0.2, 0) is 15.1 Å². The summed E-state index contributed by atoms with van der Waals surface area (Å²) in [5.41, 5.74) is 1.33. The summed E-state index contributed by atoms with van der Waals surface area (Å²) >= 11 is 0. The Balaban J connectivity index is 1.53. The number of rotatable bonds is 6. The van der Waals surface area contributed by atoms with Crippen LogP contribution in [0.5, 0.6) is 0 Å². The van der Waals surface area contributed by atoms with Gasteiger partial charge in [-0.3, -0.25) is 19.8 Å². The summed E-state index contributed by atoms with van der Waals surface area (Å²) in [6.45, 7) is 1.54. The third-order valence-electron chi connectivity index (χ3n) is 4.11. The van der Waals surface area contributed by atoms with E-state index in [1.807, 2.05) is 0 Å². The van der Waals surface area contributed by atoms with Gasteiger partial charge in [-0.2, -0.15) is 5.01 Å². The summed E-state index contributed by atoms with van der Waals surface area (Å²) in [4.78, 5) is 48.6. The van der Waals surface area contributed by atoms with Crippen molar-refractivity contribution in [1.82, 2.24) is 21.1 Å². The fourth-order valence-electron chi connectivity index (χ4n) is 2.63. The van der Waals surface area contributed by atoms with E-state index in [1.165, 1.54) is 13.2 Å². The number of carbonyl (C=O) groups excluding carboxylic acids is 4. The average Bonchev–Trinajstić information content (AvgIpc) is 3.27. The molecule has 1 aliphatic heterocycles. The number of carbonyl (C=O) groups is 4. The molecule has 9 heteroatoms. The lowest BCUT2D eigenvalue weighted by Gasteiger charge is -2.19. The predicted molar refractivity (Wildman–Crippen MR) is 93.0 cm³/mol. The molecule has 1 aromatic heterocycles. The van der Waals surface area contributed by atoms with Crippen molar-refractivity contribution in [2.24, 2.45) is 0 Å². The highest BCUT2D eigenvalue weighted by Gasteiger charge is 2.51. The minimum atomic E-state index is -1.39. The number of nitrogens with zero attached hydrogens (tertiary/aromatic N) is 1. The molecule has 3 N–H and O–H groups in total. The van der Waals surface area contributed by atoms with Crippen LogP contribution in [0.1, 0.15) is 29.5 Å². The van der Waals surface area contributed by atoms with Crippen LogP contribution in [0.15, 0.2) is 53.1 Å². The van der Waals surface area contributed by atoms with E-state index in [0.717, 1.165) is 0 Å². The number of benzene rings is 1. The van der Waals surface area contributed by atoms with Crippen molar-refractivity contribution in [3.63, 3.8) is 0 Å². The Labute approximate surface area is 154 Å². The molecular formula is C18H18N4O5. The SMILES string of the molecule is C[C@@]1(c2ccco2)NC(=O)N(NC(=O)CCNC(=O)c2ccccc2)C1=O.